The maximum absolute atomic E-state index is 13.4. The summed E-state index contributed by atoms with van der Waals surface area (Å²) in [5.41, 5.74) is 2.69. The van der Waals surface area contributed by atoms with Crippen molar-refractivity contribution in [2.45, 2.75) is 56.4 Å². The molecule has 0 unspecified atom stereocenters. The lowest BCUT2D eigenvalue weighted by Gasteiger charge is -2.37. The van der Waals surface area contributed by atoms with E-state index < -0.39 is 12.0 Å². The number of piperazine rings is 1. The van der Waals surface area contributed by atoms with Gasteiger partial charge in [0.1, 0.15) is 5.60 Å². The minimum atomic E-state index is -2.52. The molecule has 0 aromatic heterocycles. The Morgan fingerprint density at radius 3 is 2.26 bits per heavy atom. The number of hydrogen-bond donors (Lipinski definition) is 0. The van der Waals surface area contributed by atoms with E-state index in [4.69, 9.17) is 4.74 Å². The van der Waals surface area contributed by atoms with Crippen molar-refractivity contribution in [2.75, 3.05) is 31.1 Å². The molecule has 0 radical (unpaired) electrons. The van der Waals surface area contributed by atoms with Crippen LogP contribution in [0.1, 0.15) is 43.9 Å². The second-order valence-electron chi connectivity index (χ2n) is 8.85. The first-order chi connectivity index (χ1) is 14.5. The Labute approximate surface area is 187 Å². The van der Waals surface area contributed by atoms with Gasteiger partial charge in [-0.2, -0.15) is 0 Å². The molecular formula is C24H30F2N2O2S. The summed E-state index contributed by atoms with van der Waals surface area (Å²) >= 11 is 1.51. The minimum absolute atomic E-state index is 0.0170. The predicted molar refractivity (Wildman–Crippen MR) is 121 cm³/mol. The molecule has 31 heavy (non-hydrogen) atoms. The monoisotopic (exact) mass is 448 g/mol. The fraction of sp³-hybridized carbons (Fsp3) is 0.458. The normalized spacial score (nSPS) is 14.8. The first kappa shape index (κ1) is 23.4. The Morgan fingerprint density at radius 2 is 1.68 bits per heavy atom. The van der Waals surface area contributed by atoms with Crippen LogP contribution >= 0.6 is 11.8 Å². The van der Waals surface area contributed by atoms with E-state index in [0.717, 1.165) is 21.0 Å². The number of ether oxygens (including phenoxy) is 1. The number of halogens is 2. The molecule has 1 saturated heterocycles. The minimum Gasteiger partial charge on any atom is -0.444 e. The summed E-state index contributed by atoms with van der Waals surface area (Å²) in [6.45, 7) is 11.9. The van der Waals surface area contributed by atoms with Gasteiger partial charge in [0.05, 0.1) is 5.69 Å². The summed E-state index contributed by atoms with van der Waals surface area (Å²) in [4.78, 5) is 18.1. The topological polar surface area (TPSA) is 32.8 Å². The molecule has 0 atom stereocenters. The zero-order chi connectivity index (χ0) is 22.8. The first-order valence-corrected chi connectivity index (χ1v) is 11.3. The highest BCUT2D eigenvalue weighted by Gasteiger charge is 2.27. The van der Waals surface area contributed by atoms with Crippen LogP contribution < -0.4 is 4.90 Å². The smallest absolute Gasteiger partial charge is 0.410 e. The fourth-order valence-electron chi connectivity index (χ4n) is 3.50. The van der Waals surface area contributed by atoms with E-state index in [9.17, 15) is 13.6 Å². The predicted octanol–water partition coefficient (Wildman–Crippen LogP) is 6.45. The van der Waals surface area contributed by atoms with Gasteiger partial charge in [-0.15, -0.1) is 0 Å². The average Bonchev–Trinajstić information content (AvgIpc) is 2.69. The zero-order valence-electron chi connectivity index (χ0n) is 18.7. The summed E-state index contributed by atoms with van der Waals surface area (Å²) in [5.74, 6) is 0. The molecule has 0 saturated carbocycles. The lowest BCUT2D eigenvalue weighted by Crippen LogP contribution is -2.50. The number of rotatable bonds is 4. The van der Waals surface area contributed by atoms with Crippen molar-refractivity contribution < 1.29 is 18.3 Å². The lowest BCUT2D eigenvalue weighted by molar-refractivity contribution is 0.0240. The molecule has 3 rings (SSSR count). The third kappa shape index (κ3) is 6.12. The van der Waals surface area contributed by atoms with Crippen molar-refractivity contribution in [3.8, 4) is 0 Å². The van der Waals surface area contributed by atoms with Gasteiger partial charge in [0.25, 0.3) is 6.43 Å². The molecule has 168 valence electrons. The highest BCUT2D eigenvalue weighted by atomic mass is 32.2. The van der Waals surface area contributed by atoms with E-state index in [-0.39, 0.29) is 11.7 Å². The van der Waals surface area contributed by atoms with E-state index in [1.54, 1.807) is 17.0 Å². The Bertz CT molecular complexity index is 936. The Hall–Kier alpha value is -2.28. The quantitative estimate of drug-likeness (QED) is 0.538. The van der Waals surface area contributed by atoms with Crippen LogP contribution in [0.5, 0.6) is 0 Å². The van der Waals surface area contributed by atoms with Gasteiger partial charge >= 0.3 is 6.09 Å². The molecule has 1 aliphatic rings. The molecule has 1 amide bonds. The van der Waals surface area contributed by atoms with Gasteiger partial charge in [-0.3, -0.25) is 0 Å². The molecule has 0 aliphatic carbocycles. The van der Waals surface area contributed by atoms with Gasteiger partial charge in [0, 0.05) is 41.5 Å². The number of carbonyl (C=O) groups excluding carboxylic acids is 1. The Balaban J connectivity index is 1.80. The maximum Gasteiger partial charge on any atom is 0.410 e. The molecule has 0 spiro atoms. The summed E-state index contributed by atoms with van der Waals surface area (Å²) in [6, 6.07) is 11.0. The number of hydrogen-bond acceptors (Lipinski definition) is 4. The van der Waals surface area contributed by atoms with Crippen molar-refractivity contribution in [2.24, 2.45) is 0 Å². The number of benzene rings is 2. The van der Waals surface area contributed by atoms with E-state index >= 15 is 0 Å². The van der Waals surface area contributed by atoms with Crippen molar-refractivity contribution in [1.82, 2.24) is 4.90 Å². The van der Waals surface area contributed by atoms with E-state index in [0.29, 0.717) is 26.2 Å². The van der Waals surface area contributed by atoms with Gasteiger partial charge in [0.15, 0.2) is 0 Å². The van der Waals surface area contributed by atoms with Crippen LogP contribution in [0.25, 0.3) is 0 Å². The second-order valence-corrected chi connectivity index (χ2v) is 9.94. The van der Waals surface area contributed by atoms with Crippen molar-refractivity contribution in [1.29, 1.82) is 0 Å². The summed E-state index contributed by atoms with van der Waals surface area (Å²) in [6.07, 6.45) is -2.83. The molecule has 4 nitrogen and oxygen atoms in total. The van der Waals surface area contributed by atoms with Gasteiger partial charge in [-0.1, -0.05) is 35.5 Å². The summed E-state index contributed by atoms with van der Waals surface area (Å²) in [5, 5.41) is 0. The van der Waals surface area contributed by atoms with Crippen LogP contribution in [0.2, 0.25) is 0 Å². The van der Waals surface area contributed by atoms with E-state index in [1.165, 1.54) is 23.4 Å². The fourth-order valence-corrected chi connectivity index (χ4v) is 4.59. The first-order valence-electron chi connectivity index (χ1n) is 10.4. The number of alkyl halides is 2. The average molecular weight is 449 g/mol. The highest BCUT2D eigenvalue weighted by molar-refractivity contribution is 7.99. The molecule has 0 bridgehead atoms. The van der Waals surface area contributed by atoms with Gasteiger partial charge < -0.3 is 14.5 Å². The van der Waals surface area contributed by atoms with Crippen LogP contribution in [0.3, 0.4) is 0 Å². The standard InChI is InChI=1S/C24H30F2N2O2S/c1-16-6-9-20(17(2)14-16)31-21-15-18(22(25)26)7-8-19(21)27-10-12-28(13-11-27)23(29)30-24(3,4)5/h6-9,14-15,22H,10-13H2,1-5H3. The molecule has 0 N–H and O–H groups in total. The van der Waals surface area contributed by atoms with Crippen LogP contribution in [-0.4, -0.2) is 42.8 Å². The number of anilines is 1. The van der Waals surface area contributed by atoms with Gasteiger partial charge in [0.2, 0.25) is 0 Å². The second kappa shape index (κ2) is 9.47. The number of aryl methyl sites for hydroxylation is 2. The third-order valence-electron chi connectivity index (χ3n) is 5.06. The molecule has 7 heteroatoms. The van der Waals surface area contributed by atoms with Crippen molar-refractivity contribution in [3.05, 3.63) is 53.1 Å². The number of nitrogens with zero attached hydrogens (tertiary/aromatic N) is 2. The maximum atomic E-state index is 13.4. The van der Waals surface area contributed by atoms with Gasteiger partial charge in [-0.05, 0) is 58.4 Å². The SMILES string of the molecule is Cc1ccc(Sc2cc(C(F)F)ccc2N2CCN(C(=O)OC(C)(C)C)CC2)c(C)c1. The number of amides is 1. The largest absolute Gasteiger partial charge is 0.444 e. The highest BCUT2D eigenvalue weighted by Crippen LogP contribution is 2.39. The van der Waals surface area contributed by atoms with Crippen molar-refractivity contribution in [3.63, 3.8) is 0 Å². The Morgan fingerprint density at radius 1 is 1.00 bits per heavy atom. The zero-order valence-corrected chi connectivity index (χ0v) is 19.6. The third-order valence-corrected chi connectivity index (χ3v) is 6.28. The molecule has 2 aromatic carbocycles. The molecule has 2 aromatic rings. The van der Waals surface area contributed by atoms with Crippen LogP contribution in [0, 0.1) is 13.8 Å². The van der Waals surface area contributed by atoms with Crippen molar-refractivity contribution >= 4 is 23.5 Å². The number of carbonyl (C=O) groups is 1. The van der Waals surface area contributed by atoms with Crippen LogP contribution in [-0.2, 0) is 4.74 Å². The molecule has 1 heterocycles. The van der Waals surface area contributed by atoms with E-state index in [2.05, 4.69) is 11.0 Å². The summed E-state index contributed by atoms with van der Waals surface area (Å²) < 4.78 is 32.2. The molecular weight excluding hydrogens is 418 g/mol. The molecule has 1 aliphatic heterocycles. The van der Waals surface area contributed by atoms with Crippen LogP contribution in [0.4, 0.5) is 19.3 Å². The van der Waals surface area contributed by atoms with Gasteiger partial charge in [-0.25, -0.2) is 13.6 Å². The summed E-state index contributed by atoms with van der Waals surface area (Å²) in [7, 11) is 0. The lowest BCUT2D eigenvalue weighted by atomic mass is 10.1. The molecule has 1 fully saturated rings. The Kier molecular flexibility index (Phi) is 7.14. The van der Waals surface area contributed by atoms with E-state index in [1.807, 2.05) is 46.8 Å². The van der Waals surface area contributed by atoms with Crippen LogP contribution in [0.15, 0.2) is 46.2 Å².